The van der Waals surface area contributed by atoms with Gasteiger partial charge in [0, 0.05) is 19.3 Å². The summed E-state index contributed by atoms with van der Waals surface area (Å²) < 4.78 is -0.465. The normalized spacial score (nSPS) is 15.3. The summed E-state index contributed by atoms with van der Waals surface area (Å²) in [4.78, 5) is 36.7. The molecule has 7 nitrogen and oxygen atoms in total. The van der Waals surface area contributed by atoms with Gasteiger partial charge in [0.15, 0.2) is 12.1 Å². The monoisotopic (exact) mass is 609 g/mol. The van der Waals surface area contributed by atoms with Crippen LogP contribution in [0.25, 0.3) is 0 Å². The van der Waals surface area contributed by atoms with E-state index in [9.17, 15) is 29.7 Å². The number of carbonyl (C=O) groups excluding carboxylic acids is 1. The fraction of sp³-hybridized carbons (Fsp3) is 0.861. The van der Waals surface area contributed by atoms with Crippen molar-refractivity contribution in [2.24, 2.45) is 0 Å². The molecule has 0 aliphatic heterocycles. The van der Waals surface area contributed by atoms with Gasteiger partial charge in [-0.15, -0.1) is 0 Å². The molecule has 0 saturated carbocycles. The Balaban J connectivity index is 4.27. The SMILES string of the molecule is CCCC/C=C/CCCCCCCCCCCCCCCCCC[N+](C(CC)C(=O)[O-])(C(CC)C(=O)O)C(CC)C(=O)O. The van der Waals surface area contributed by atoms with E-state index in [2.05, 4.69) is 19.1 Å². The smallest absolute Gasteiger partial charge is 0.362 e. The maximum atomic E-state index is 12.3. The van der Waals surface area contributed by atoms with Crippen molar-refractivity contribution >= 4 is 17.9 Å². The van der Waals surface area contributed by atoms with Gasteiger partial charge in [-0.2, -0.15) is 0 Å². The molecular weight excluding hydrogens is 542 g/mol. The lowest BCUT2D eigenvalue weighted by molar-refractivity contribution is -0.974. The second kappa shape index (κ2) is 26.5. The van der Waals surface area contributed by atoms with Crippen molar-refractivity contribution in [2.45, 2.75) is 193 Å². The summed E-state index contributed by atoms with van der Waals surface area (Å²) >= 11 is 0. The fourth-order valence-electron chi connectivity index (χ4n) is 6.94. The largest absolute Gasteiger partial charge is 0.544 e. The fourth-order valence-corrected chi connectivity index (χ4v) is 6.94. The van der Waals surface area contributed by atoms with Gasteiger partial charge >= 0.3 is 11.9 Å². The van der Waals surface area contributed by atoms with Crippen molar-refractivity contribution in [2.75, 3.05) is 6.54 Å². The minimum absolute atomic E-state index is 0.132. The zero-order valence-corrected chi connectivity index (χ0v) is 28.3. The molecule has 3 atom stereocenters. The zero-order chi connectivity index (χ0) is 32.3. The third-order valence-corrected chi connectivity index (χ3v) is 9.30. The molecule has 0 aromatic heterocycles. The molecule has 0 amide bonds. The van der Waals surface area contributed by atoms with Gasteiger partial charge in [0.1, 0.15) is 6.04 Å². The highest BCUT2D eigenvalue weighted by Crippen LogP contribution is 2.32. The second-order valence-electron chi connectivity index (χ2n) is 12.5. The van der Waals surface area contributed by atoms with Crippen LogP contribution < -0.4 is 5.11 Å². The lowest BCUT2D eigenvalue weighted by atomic mass is 9.93. The molecule has 0 rings (SSSR count). The Morgan fingerprint density at radius 1 is 0.535 bits per heavy atom. The van der Waals surface area contributed by atoms with Crippen molar-refractivity contribution < 1.29 is 34.2 Å². The van der Waals surface area contributed by atoms with Crippen LogP contribution in [0.15, 0.2) is 12.2 Å². The number of carboxylic acids is 3. The van der Waals surface area contributed by atoms with Crippen LogP contribution in [0.3, 0.4) is 0 Å². The average Bonchev–Trinajstić information content (AvgIpc) is 2.96. The predicted molar refractivity (Wildman–Crippen MR) is 175 cm³/mol. The van der Waals surface area contributed by atoms with E-state index < -0.39 is 40.5 Å². The van der Waals surface area contributed by atoms with Crippen LogP contribution in [-0.4, -0.2) is 57.3 Å². The molecule has 0 saturated heterocycles. The number of quaternary nitrogens is 1. The molecule has 0 aromatic carbocycles. The van der Waals surface area contributed by atoms with Crippen molar-refractivity contribution in [1.29, 1.82) is 0 Å². The maximum absolute atomic E-state index is 12.3. The van der Waals surface area contributed by atoms with Crippen molar-refractivity contribution in [1.82, 2.24) is 0 Å². The number of aliphatic carboxylic acids is 3. The summed E-state index contributed by atoms with van der Waals surface area (Å²) in [5.74, 6) is -3.64. The number of hydrogen-bond donors (Lipinski definition) is 2. The first-order valence-electron chi connectivity index (χ1n) is 17.9. The first-order chi connectivity index (χ1) is 20.7. The van der Waals surface area contributed by atoms with Gasteiger partial charge in [0.05, 0.1) is 12.5 Å². The van der Waals surface area contributed by atoms with Crippen LogP contribution in [-0.2, 0) is 14.4 Å². The van der Waals surface area contributed by atoms with E-state index in [-0.39, 0.29) is 25.8 Å². The molecule has 0 fully saturated rings. The maximum Gasteiger partial charge on any atom is 0.362 e. The van der Waals surface area contributed by atoms with Gasteiger partial charge in [-0.05, 0) is 32.1 Å². The van der Waals surface area contributed by atoms with Gasteiger partial charge in [-0.25, -0.2) is 9.59 Å². The van der Waals surface area contributed by atoms with Gasteiger partial charge in [-0.1, -0.05) is 136 Å². The minimum Gasteiger partial charge on any atom is -0.544 e. The van der Waals surface area contributed by atoms with Crippen LogP contribution in [0.4, 0.5) is 0 Å². The summed E-state index contributed by atoms with van der Waals surface area (Å²) in [6.45, 7) is 7.52. The molecule has 7 heteroatoms. The minimum atomic E-state index is -1.36. The summed E-state index contributed by atoms with van der Waals surface area (Å²) in [6, 6.07) is -3.37. The number of unbranched alkanes of at least 4 members (excludes halogenated alkanes) is 18. The molecule has 0 radical (unpaired) electrons. The molecule has 0 aliphatic carbocycles. The van der Waals surface area contributed by atoms with Crippen molar-refractivity contribution in [3.8, 4) is 0 Å². The van der Waals surface area contributed by atoms with Gasteiger partial charge in [0.25, 0.3) is 0 Å². The lowest BCUT2D eigenvalue weighted by Gasteiger charge is -2.51. The standard InChI is InChI=1S/C36H67NO6/c1-5-9-10-11-12-13-14-15-16-17-18-19-20-21-22-23-24-25-26-27-28-29-30-37(31(6-2)34(38)39,32(7-3)35(40)41)33(8-4)36(42)43/h11-12,31-33H,5-10,13-30H2,1-4H3,(H2-,38,39,40,41,42,43)/b12-11+. The first-order valence-corrected chi connectivity index (χ1v) is 17.9. The van der Waals surface area contributed by atoms with Crippen LogP contribution in [0, 0.1) is 0 Å². The molecule has 0 bridgehead atoms. The van der Waals surface area contributed by atoms with Crippen LogP contribution in [0.5, 0.6) is 0 Å². The summed E-state index contributed by atoms with van der Waals surface area (Å²) in [5.41, 5.74) is 0. The van der Waals surface area contributed by atoms with E-state index in [1.807, 2.05) is 0 Å². The topological polar surface area (TPSA) is 115 Å². The summed E-state index contributed by atoms with van der Waals surface area (Å²) in [5, 5.41) is 32.2. The number of carbonyl (C=O) groups is 3. The summed E-state index contributed by atoms with van der Waals surface area (Å²) in [7, 11) is 0. The predicted octanol–water partition coefficient (Wildman–Crippen LogP) is 8.44. The number of hydrogen-bond acceptors (Lipinski definition) is 4. The molecule has 252 valence electrons. The third kappa shape index (κ3) is 16.7. The molecule has 0 heterocycles. The highest BCUT2D eigenvalue weighted by atomic mass is 16.4. The average molecular weight is 610 g/mol. The first kappa shape index (κ1) is 41.1. The van der Waals surface area contributed by atoms with E-state index in [1.165, 1.54) is 103 Å². The highest BCUT2D eigenvalue weighted by Gasteiger charge is 2.53. The molecule has 0 spiro atoms. The van der Waals surface area contributed by atoms with Gasteiger partial charge in [-0.3, -0.25) is 4.48 Å². The molecular formula is C36H67NO6. The van der Waals surface area contributed by atoms with E-state index in [0.717, 1.165) is 19.3 Å². The molecule has 43 heavy (non-hydrogen) atoms. The third-order valence-electron chi connectivity index (χ3n) is 9.30. The molecule has 2 N–H and O–H groups in total. The van der Waals surface area contributed by atoms with E-state index in [0.29, 0.717) is 6.42 Å². The Morgan fingerprint density at radius 3 is 1.16 bits per heavy atom. The number of rotatable bonds is 31. The Hall–Kier alpha value is -1.89. The number of nitrogens with zero attached hydrogens (tertiary/aromatic N) is 1. The van der Waals surface area contributed by atoms with Crippen molar-refractivity contribution in [3.05, 3.63) is 12.2 Å². The molecule has 0 aromatic rings. The van der Waals surface area contributed by atoms with Crippen molar-refractivity contribution in [3.63, 3.8) is 0 Å². The Kier molecular flexibility index (Phi) is 25.3. The Morgan fingerprint density at radius 2 is 0.860 bits per heavy atom. The van der Waals surface area contributed by atoms with Crippen LogP contribution in [0.1, 0.15) is 175 Å². The second-order valence-corrected chi connectivity index (χ2v) is 12.5. The molecule has 0 aliphatic rings. The van der Waals surface area contributed by atoms with E-state index in [4.69, 9.17) is 0 Å². The number of carboxylic acid groups (broad SMARTS) is 3. The van der Waals surface area contributed by atoms with E-state index >= 15 is 0 Å². The summed E-state index contributed by atoms with van der Waals surface area (Å²) in [6.07, 6.45) is 29.6. The lowest BCUT2D eigenvalue weighted by Crippen LogP contribution is -2.73. The van der Waals surface area contributed by atoms with Gasteiger partial charge < -0.3 is 20.1 Å². The number of allylic oxidation sites excluding steroid dienone is 2. The molecule has 3 unspecified atom stereocenters. The zero-order valence-electron chi connectivity index (χ0n) is 28.3. The Labute approximate surface area is 264 Å². The highest BCUT2D eigenvalue weighted by molar-refractivity contribution is 5.77. The van der Waals surface area contributed by atoms with Crippen LogP contribution in [0.2, 0.25) is 0 Å². The Bertz CT molecular complexity index is 697. The quantitative estimate of drug-likeness (QED) is 0.0463. The van der Waals surface area contributed by atoms with E-state index in [1.54, 1.807) is 20.8 Å². The van der Waals surface area contributed by atoms with Crippen LogP contribution >= 0.6 is 0 Å². The van der Waals surface area contributed by atoms with Gasteiger partial charge in [0.2, 0.25) is 0 Å².